The standard InChI is InChI=1S/C6H13NO2/c1-9-3-2-5-6(8)4-7-5/h5-8H,2-4H2,1H3/t5-,6-/m0/s1. The largest absolute Gasteiger partial charge is 0.390 e. The van der Waals surface area contributed by atoms with Crippen molar-refractivity contribution in [2.45, 2.75) is 18.6 Å². The SMILES string of the molecule is COCC[C@@H]1NC[C@@H]1O. The van der Waals surface area contributed by atoms with Crippen LogP contribution in [0.4, 0.5) is 0 Å². The summed E-state index contributed by atoms with van der Waals surface area (Å²) in [5.74, 6) is 0. The van der Waals surface area contributed by atoms with Crippen LogP contribution >= 0.6 is 0 Å². The average molecular weight is 131 g/mol. The summed E-state index contributed by atoms with van der Waals surface area (Å²) in [6, 6.07) is 0.282. The highest BCUT2D eigenvalue weighted by Crippen LogP contribution is 2.06. The van der Waals surface area contributed by atoms with E-state index in [1.807, 2.05) is 0 Å². The van der Waals surface area contributed by atoms with Crippen LogP contribution < -0.4 is 5.32 Å². The van der Waals surface area contributed by atoms with Gasteiger partial charge in [0.2, 0.25) is 0 Å². The minimum atomic E-state index is -0.139. The van der Waals surface area contributed by atoms with Crippen molar-refractivity contribution in [3.63, 3.8) is 0 Å². The summed E-state index contributed by atoms with van der Waals surface area (Å²) in [5, 5.41) is 12.1. The Morgan fingerprint density at radius 2 is 2.56 bits per heavy atom. The topological polar surface area (TPSA) is 41.5 Å². The van der Waals surface area contributed by atoms with E-state index in [1.54, 1.807) is 7.11 Å². The average Bonchev–Trinajstić information content (AvgIpc) is 1.86. The quantitative estimate of drug-likeness (QED) is 0.535. The molecule has 0 aromatic rings. The van der Waals surface area contributed by atoms with Gasteiger partial charge in [0.05, 0.1) is 6.10 Å². The number of rotatable bonds is 3. The van der Waals surface area contributed by atoms with E-state index in [0.29, 0.717) is 0 Å². The lowest BCUT2D eigenvalue weighted by molar-refractivity contribution is 0.0425. The first-order valence-electron chi connectivity index (χ1n) is 3.25. The van der Waals surface area contributed by atoms with Crippen LogP contribution in [0, 0.1) is 0 Å². The van der Waals surface area contributed by atoms with Gasteiger partial charge in [-0.2, -0.15) is 0 Å². The molecule has 54 valence electrons. The lowest BCUT2D eigenvalue weighted by Gasteiger charge is -2.33. The first kappa shape index (κ1) is 6.99. The van der Waals surface area contributed by atoms with E-state index in [4.69, 9.17) is 9.84 Å². The van der Waals surface area contributed by atoms with Gasteiger partial charge in [-0.15, -0.1) is 0 Å². The Bertz CT molecular complexity index is 87.1. The van der Waals surface area contributed by atoms with Crippen molar-refractivity contribution < 1.29 is 9.84 Å². The highest BCUT2D eigenvalue weighted by molar-refractivity contribution is 4.87. The Morgan fingerprint density at radius 3 is 2.89 bits per heavy atom. The van der Waals surface area contributed by atoms with Crippen molar-refractivity contribution in [3.8, 4) is 0 Å². The highest BCUT2D eigenvalue weighted by atomic mass is 16.5. The number of aliphatic hydroxyl groups excluding tert-OH is 1. The molecule has 1 heterocycles. The zero-order valence-electron chi connectivity index (χ0n) is 5.63. The van der Waals surface area contributed by atoms with Gasteiger partial charge in [0, 0.05) is 26.3 Å². The van der Waals surface area contributed by atoms with Crippen molar-refractivity contribution in [1.29, 1.82) is 0 Å². The zero-order chi connectivity index (χ0) is 6.69. The molecule has 9 heavy (non-hydrogen) atoms. The number of methoxy groups -OCH3 is 1. The molecule has 0 unspecified atom stereocenters. The normalized spacial score (nSPS) is 34.0. The molecular weight excluding hydrogens is 118 g/mol. The lowest BCUT2D eigenvalue weighted by Crippen LogP contribution is -2.57. The van der Waals surface area contributed by atoms with Gasteiger partial charge in [-0.3, -0.25) is 0 Å². The molecule has 0 aliphatic carbocycles. The molecule has 1 rings (SSSR count). The maximum Gasteiger partial charge on any atom is 0.0818 e. The van der Waals surface area contributed by atoms with E-state index < -0.39 is 0 Å². The van der Waals surface area contributed by atoms with E-state index in [0.717, 1.165) is 19.6 Å². The predicted molar refractivity (Wildman–Crippen MR) is 34.3 cm³/mol. The molecule has 1 fully saturated rings. The second-order valence-electron chi connectivity index (χ2n) is 2.36. The highest BCUT2D eigenvalue weighted by Gasteiger charge is 2.26. The maximum absolute atomic E-state index is 9.02. The van der Waals surface area contributed by atoms with E-state index in [2.05, 4.69) is 5.32 Å². The number of hydrogen-bond donors (Lipinski definition) is 2. The summed E-state index contributed by atoms with van der Waals surface area (Å²) < 4.78 is 4.85. The minimum absolute atomic E-state index is 0.139. The molecule has 2 atom stereocenters. The van der Waals surface area contributed by atoms with Crippen LogP contribution in [0.25, 0.3) is 0 Å². The first-order chi connectivity index (χ1) is 4.34. The van der Waals surface area contributed by atoms with Crippen LogP contribution in [0.2, 0.25) is 0 Å². The Balaban J connectivity index is 1.99. The van der Waals surface area contributed by atoms with Gasteiger partial charge in [-0.1, -0.05) is 0 Å². The van der Waals surface area contributed by atoms with Gasteiger partial charge in [-0.05, 0) is 6.42 Å². The summed E-state index contributed by atoms with van der Waals surface area (Å²) >= 11 is 0. The van der Waals surface area contributed by atoms with Gasteiger partial charge in [0.1, 0.15) is 0 Å². The van der Waals surface area contributed by atoms with E-state index >= 15 is 0 Å². The van der Waals surface area contributed by atoms with Crippen LogP contribution in [0.5, 0.6) is 0 Å². The van der Waals surface area contributed by atoms with E-state index in [9.17, 15) is 0 Å². The van der Waals surface area contributed by atoms with Gasteiger partial charge in [-0.25, -0.2) is 0 Å². The summed E-state index contributed by atoms with van der Waals surface area (Å²) in [4.78, 5) is 0. The second kappa shape index (κ2) is 3.15. The molecule has 0 spiro atoms. The molecular formula is C6H13NO2. The summed E-state index contributed by atoms with van der Waals surface area (Å²) in [5.41, 5.74) is 0. The fourth-order valence-corrected chi connectivity index (χ4v) is 0.929. The molecule has 3 nitrogen and oxygen atoms in total. The Labute approximate surface area is 55.0 Å². The number of aliphatic hydroxyl groups is 1. The third kappa shape index (κ3) is 1.64. The molecule has 0 amide bonds. The number of ether oxygens (including phenoxy) is 1. The third-order valence-corrected chi connectivity index (χ3v) is 1.69. The molecule has 0 radical (unpaired) electrons. The van der Waals surface area contributed by atoms with Gasteiger partial charge < -0.3 is 15.2 Å². The molecule has 1 aliphatic rings. The molecule has 0 aromatic heterocycles. The molecule has 1 saturated heterocycles. The maximum atomic E-state index is 9.02. The van der Waals surface area contributed by atoms with Crippen molar-refractivity contribution in [1.82, 2.24) is 5.32 Å². The van der Waals surface area contributed by atoms with Crippen molar-refractivity contribution in [2.75, 3.05) is 20.3 Å². The number of nitrogens with one attached hydrogen (secondary N) is 1. The van der Waals surface area contributed by atoms with Crippen LogP contribution in [0.1, 0.15) is 6.42 Å². The molecule has 2 N–H and O–H groups in total. The van der Waals surface area contributed by atoms with E-state index in [-0.39, 0.29) is 12.1 Å². The van der Waals surface area contributed by atoms with Crippen molar-refractivity contribution in [3.05, 3.63) is 0 Å². The molecule has 0 saturated carbocycles. The molecule has 0 aromatic carbocycles. The smallest absolute Gasteiger partial charge is 0.0818 e. The van der Waals surface area contributed by atoms with Gasteiger partial charge >= 0.3 is 0 Å². The fourth-order valence-electron chi connectivity index (χ4n) is 0.929. The molecule has 1 aliphatic heterocycles. The third-order valence-electron chi connectivity index (χ3n) is 1.69. The Hall–Kier alpha value is -0.120. The Kier molecular flexibility index (Phi) is 2.45. The zero-order valence-corrected chi connectivity index (χ0v) is 5.63. The summed E-state index contributed by atoms with van der Waals surface area (Å²) in [6.45, 7) is 1.48. The van der Waals surface area contributed by atoms with Crippen LogP contribution in [0.15, 0.2) is 0 Å². The number of β-amino-alcohol motifs (C(OH)–C–C–N with tert-alkyl or cyclic N) is 1. The van der Waals surface area contributed by atoms with Crippen LogP contribution in [-0.2, 0) is 4.74 Å². The minimum Gasteiger partial charge on any atom is -0.390 e. The molecule has 0 bridgehead atoms. The monoisotopic (exact) mass is 131 g/mol. The van der Waals surface area contributed by atoms with Gasteiger partial charge in [0.15, 0.2) is 0 Å². The van der Waals surface area contributed by atoms with Crippen molar-refractivity contribution in [2.24, 2.45) is 0 Å². The van der Waals surface area contributed by atoms with E-state index in [1.165, 1.54) is 0 Å². The van der Waals surface area contributed by atoms with Gasteiger partial charge in [0.25, 0.3) is 0 Å². The summed E-state index contributed by atoms with van der Waals surface area (Å²) in [7, 11) is 1.67. The first-order valence-corrected chi connectivity index (χ1v) is 3.25. The lowest BCUT2D eigenvalue weighted by atomic mass is 10.0. The molecule has 3 heteroatoms. The Morgan fingerprint density at radius 1 is 1.78 bits per heavy atom. The van der Waals surface area contributed by atoms with Crippen molar-refractivity contribution >= 4 is 0 Å². The number of hydrogen-bond acceptors (Lipinski definition) is 3. The fraction of sp³-hybridized carbons (Fsp3) is 1.00. The van der Waals surface area contributed by atoms with Crippen LogP contribution in [0.3, 0.4) is 0 Å². The van der Waals surface area contributed by atoms with Crippen LogP contribution in [-0.4, -0.2) is 37.5 Å². The summed E-state index contributed by atoms with van der Waals surface area (Å²) in [6.07, 6.45) is 0.776. The predicted octanol–water partition coefficient (Wildman–Crippen LogP) is -0.644. The second-order valence-corrected chi connectivity index (χ2v) is 2.36.